The summed E-state index contributed by atoms with van der Waals surface area (Å²) in [6.45, 7) is 8.70. The maximum Gasteiger partial charge on any atom is 0.163 e. The summed E-state index contributed by atoms with van der Waals surface area (Å²) < 4.78 is 0. The second-order valence-electron chi connectivity index (χ2n) is 7.64. The highest BCUT2D eigenvalue weighted by Gasteiger charge is 2.38. The summed E-state index contributed by atoms with van der Waals surface area (Å²) in [5.74, 6) is 1.52. The average Bonchev–Trinajstić information content (AvgIpc) is 3.17. The van der Waals surface area contributed by atoms with Crippen LogP contribution in [0.3, 0.4) is 0 Å². The fourth-order valence-corrected chi connectivity index (χ4v) is 4.17. The molecule has 2 nitrogen and oxygen atoms in total. The number of likely N-dealkylation sites (tertiary alicyclic amines) is 1. The highest BCUT2D eigenvalue weighted by Crippen LogP contribution is 2.36. The molecule has 1 saturated carbocycles. The summed E-state index contributed by atoms with van der Waals surface area (Å²) in [4.78, 5) is 15.3. The molecule has 0 spiro atoms. The van der Waals surface area contributed by atoms with Crippen LogP contribution in [0, 0.1) is 11.8 Å². The highest BCUT2D eigenvalue weighted by molar-refractivity contribution is 5.96. The van der Waals surface area contributed by atoms with E-state index in [4.69, 9.17) is 0 Å². The van der Waals surface area contributed by atoms with Gasteiger partial charge in [0.15, 0.2) is 5.78 Å². The van der Waals surface area contributed by atoms with Gasteiger partial charge in [0.05, 0.1) is 0 Å². The lowest BCUT2D eigenvalue weighted by atomic mass is 9.90. The summed E-state index contributed by atoms with van der Waals surface area (Å²) in [5.41, 5.74) is 4.85. The maximum absolute atomic E-state index is 12.7. The molecule has 0 N–H and O–H groups in total. The summed E-state index contributed by atoms with van der Waals surface area (Å²) in [6.07, 6.45) is 5.37. The molecule has 0 radical (unpaired) electrons. The minimum atomic E-state index is 0.329. The first-order valence-corrected chi connectivity index (χ1v) is 8.66. The van der Waals surface area contributed by atoms with Gasteiger partial charge in [0, 0.05) is 31.1 Å². The molecular weight excluding hydrogens is 270 g/mol. The number of hydrogen-bond donors (Lipinski definition) is 0. The van der Waals surface area contributed by atoms with Gasteiger partial charge in [-0.1, -0.05) is 31.2 Å². The van der Waals surface area contributed by atoms with Gasteiger partial charge in [0.25, 0.3) is 0 Å². The number of hydrogen-bond acceptors (Lipinski definition) is 2. The van der Waals surface area contributed by atoms with Crippen molar-refractivity contribution in [1.29, 1.82) is 0 Å². The monoisotopic (exact) mass is 295 g/mol. The van der Waals surface area contributed by atoms with Gasteiger partial charge in [-0.15, -0.1) is 0 Å². The van der Waals surface area contributed by atoms with Crippen molar-refractivity contribution in [2.24, 2.45) is 11.8 Å². The van der Waals surface area contributed by atoms with Crippen LogP contribution in [-0.4, -0.2) is 29.8 Å². The fraction of sp³-hybridized carbons (Fsp3) is 0.550. The molecule has 2 aliphatic carbocycles. The molecule has 1 heterocycles. The van der Waals surface area contributed by atoms with Crippen molar-refractivity contribution in [2.45, 2.75) is 45.1 Å². The zero-order valence-corrected chi connectivity index (χ0v) is 13.5. The second-order valence-corrected chi connectivity index (χ2v) is 7.64. The Morgan fingerprint density at radius 2 is 2.00 bits per heavy atom. The maximum atomic E-state index is 12.7. The number of allylic oxidation sites excluding steroid dienone is 1. The van der Waals surface area contributed by atoms with Gasteiger partial charge < -0.3 is 0 Å². The van der Waals surface area contributed by atoms with Crippen molar-refractivity contribution in [3.63, 3.8) is 0 Å². The lowest BCUT2D eigenvalue weighted by molar-refractivity contribution is 0.0954. The highest BCUT2D eigenvalue weighted by atomic mass is 16.1. The smallest absolute Gasteiger partial charge is 0.163 e. The number of carbonyl (C=O) groups is 1. The van der Waals surface area contributed by atoms with Crippen LogP contribution in [0.1, 0.15) is 47.7 Å². The van der Waals surface area contributed by atoms with Gasteiger partial charge in [0.1, 0.15) is 0 Å². The first kappa shape index (κ1) is 14.2. The molecule has 1 aliphatic heterocycles. The Morgan fingerprint density at radius 3 is 2.77 bits per heavy atom. The van der Waals surface area contributed by atoms with Crippen LogP contribution in [-0.2, 0) is 12.8 Å². The van der Waals surface area contributed by atoms with Crippen LogP contribution < -0.4 is 0 Å². The number of carbonyl (C=O) groups excluding carboxylic acids is 1. The van der Waals surface area contributed by atoms with Gasteiger partial charge in [-0.2, -0.15) is 0 Å². The summed E-state index contributed by atoms with van der Waals surface area (Å²) in [7, 11) is 0. The molecule has 116 valence electrons. The van der Waals surface area contributed by atoms with Gasteiger partial charge in [-0.3, -0.25) is 9.69 Å². The molecule has 1 aromatic rings. The van der Waals surface area contributed by atoms with Crippen molar-refractivity contribution in [1.82, 2.24) is 4.90 Å². The Balaban J connectivity index is 1.44. The lowest BCUT2D eigenvalue weighted by Crippen LogP contribution is -2.23. The molecule has 0 bridgehead atoms. The van der Waals surface area contributed by atoms with Gasteiger partial charge >= 0.3 is 0 Å². The summed E-state index contributed by atoms with van der Waals surface area (Å²) in [6, 6.07) is 7.11. The van der Waals surface area contributed by atoms with Crippen molar-refractivity contribution in [3.8, 4) is 0 Å². The third kappa shape index (κ3) is 2.65. The molecule has 2 heteroatoms. The van der Waals surface area contributed by atoms with E-state index in [0.717, 1.165) is 31.0 Å². The third-order valence-electron chi connectivity index (χ3n) is 5.72. The molecule has 2 fully saturated rings. The zero-order chi connectivity index (χ0) is 15.3. The van der Waals surface area contributed by atoms with Crippen molar-refractivity contribution >= 4 is 5.78 Å². The Hall–Kier alpha value is -1.41. The number of Topliss-reactive ketones (excluding diaryl/α,β-unsaturated/α-hetero) is 1. The van der Waals surface area contributed by atoms with Crippen LogP contribution >= 0.6 is 0 Å². The first-order chi connectivity index (χ1) is 10.6. The standard InChI is InChI=1S/C20H25NO/c1-13-7-15-3-4-16(9-17(15)8-13)20(22)10-18-12-21(11-14(18)2)19-5-6-19/h3-4,9,14,18-19H,1,5-8,10-12H2,2H3/t14-,18+/m0/s1. The van der Waals surface area contributed by atoms with E-state index in [1.165, 1.54) is 36.1 Å². The lowest BCUT2D eigenvalue weighted by Gasteiger charge is -2.14. The molecule has 1 aromatic carbocycles. The predicted molar refractivity (Wildman–Crippen MR) is 89.2 cm³/mol. The molecule has 1 saturated heterocycles. The predicted octanol–water partition coefficient (Wildman–Crippen LogP) is 3.64. The zero-order valence-electron chi connectivity index (χ0n) is 13.5. The Kier molecular flexibility index (Phi) is 3.45. The molecule has 0 unspecified atom stereocenters. The van der Waals surface area contributed by atoms with E-state index in [1.807, 2.05) is 6.07 Å². The minimum Gasteiger partial charge on any atom is -0.300 e. The van der Waals surface area contributed by atoms with E-state index in [1.54, 1.807) is 0 Å². The summed E-state index contributed by atoms with van der Waals surface area (Å²) in [5, 5.41) is 0. The second kappa shape index (κ2) is 5.34. The summed E-state index contributed by atoms with van der Waals surface area (Å²) >= 11 is 0. The molecule has 2 atom stereocenters. The van der Waals surface area contributed by atoms with E-state index in [2.05, 4.69) is 30.5 Å². The van der Waals surface area contributed by atoms with Gasteiger partial charge in [-0.05, 0) is 54.7 Å². The van der Waals surface area contributed by atoms with E-state index in [-0.39, 0.29) is 0 Å². The molecule has 0 aromatic heterocycles. The topological polar surface area (TPSA) is 20.3 Å². The third-order valence-corrected chi connectivity index (χ3v) is 5.72. The molecular formula is C20H25NO. The Labute approximate surface area is 133 Å². The van der Waals surface area contributed by atoms with Crippen molar-refractivity contribution in [3.05, 3.63) is 47.0 Å². The number of rotatable bonds is 4. The molecule has 3 aliphatic rings. The van der Waals surface area contributed by atoms with Crippen LogP contribution in [0.15, 0.2) is 30.4 Å². The van der Waals surface area contributed by atoms with Crippen LogP contribution in [0.4, 0.5) is 0 Å². The van der Waals surface area contributed by atoms with E-state index in [9.17, 15) is 4.79 Å². The molecule has 4 rings (SSSR count). The number of benzene rings is 1. The normalized spacial score (nSPS) is 28.1. The quantitative estimate of drug-likeness (QED) is 0.624. The van der Waals surface area contributed by atoms with E-state index >= 15 is 0 Å². The Morgan fingerprint density at radius 1 is 1.23 bits per heavy atom. The Bertz CT molecular complexity index is 629. The fourth-order valence-electron chi connectivity index (χ4n) is 4.17. The number of ketones is 1. The number of fused-ring (bicyclic) bond motifs is 1. The van der Waals surface area contributed by atoms with E-state index < -0.39 is 0 Å². The minimum absolute atomic E-state index is 0.329. The molecule has 0 amide bonds. The van der Waals surface area contributed by atoms with Gasteiger partial charge in [0.2, 0.25) is 0 Å². The average molecular weight is 295 g/mol. The SMILES string of the molecule is C=C1Cc2ccc(C(=O)C[C@@H]3CN(C4CC4)C[C@@H]3C)cc2C1. The largest absolute Gasteiger partial charge is 0.300 e. The molecule has 22 heavy (non-hydrogen) atoms. The number of nitrogens with zero attached hydrogens (tertiary/aromatic N) is 1. The van der Waals surface area contributed by atoms with Crippen LogP contribution in [0.5, 0.6) is 0 Å². The first-order valence-electron chi connectivity index (χ1n) is 8.66. The van der Waals surface area contributed by atoms with E-state index in [0.29, 0.717) is 24.0 Å². The van der Waals surface area contributed by atoms with Crippen molar-refractivity contribution in [2.75, 3.05) is 13.1 Å². The van der Waals surface area contributed by atoms with Gasteiger partial charge in [-0.25, -0.2) is 0 Å². The van der Waals surface area contributed by atoms with Crippen LogP contribution in [0.25, 0.3) is 0 Å². The van der Waals surface area contributed by atoms with Crippen LogP contribution in [0.2, 0.25) is 0 Å². The van der Waals surface area contributed by atoms with Crippen molar-refractivity contribution < 1.29 is 4.79 Å².